The number of aliphatic carboxylic acids is 1. The van der Waals surface area contributed by atoms with Gasteiger partial charge in [-0.2, -0.15) is 0 Å². The molecular weight excluding hydrogens is 226 g/mol. The van der Waals surface area contributed by atoms with Crippen LogP contribution in [0.2, 0.25) is 0 Å². The predicted octanol–water partition coefficient (Wildman–Crippen LogP) is 0.660. The van der Waals surface area contributed by atoms with E-state index in [4.69, 9.17) is 14.9 Å². The van der Waals surface area contributed by atoms with Crippen molar-refractivity contribution in [3.05, 3.63) is 35.9 Å². The third-order valence-corrected chi connectivity index (χ3v) is 1.96. The number of carbonyl (C=O) groups excluding carboxylic acids is 1. The molecule has 0 radical (unpaired) electrons. The van der Waals surface area contributed by atoms with E-state index in [-0.39, 0.29) is 6.61 Å². The average molecular weight is 239 g/mol. The van der Waals surface area contributed by atoms with Crippen LogP contribution in [-0.4, -0.2) is 40.5 Å². The summed E-state index contributed by atoms with van der Waals surface area (Å²) in [5, 5.41) is 17.3. The van der Waals surface area contributed by atoms with Gasteiger partial charge in [0, 0.05) is 0 Å². The minimum Gasteiger partial charge on any atom is -0.480 e. The van der Waals surface area contributed by atoms with E-state index in [1.165, 1.54) is 0 Å². The van der Waals surface area contributed by atoms with Crippen LogP contribution in [0.4, 0.5) is 4.79 Å². The molecule has 2 N–H and O–H groups in total. The fourth-order valence-electron chi connectivity index (χ4n) is 1.15. The molecule has 1 aromatic carbocycles. The zero-order valence-corrected chi connectivity index (χ0v) is 9.07. The highest BCUT2D eigenvalue weighted by Gasteiger charge is 2.16. The number of nitrogens with zero attached hydrogens (tertiary/aromatic N) is 1. The molecule has 6 heteroatoms. The van der Waals surface area contributed by atoms with Crippen molar-refractivity contribution < 1.29 is 24.5 Å². The minimum atomic E-state index is -1.21. The molecule has 0 aromatic heterocycles. The number of aliphatic hydroxyl groups is 1. The van der Waals surface area contributed by atoms with Gasteiger partial charge in [-0.1, -0.05) is 30.3 Å². The van der Waals surface area contributed by atoms with E-state index in [2.05, 4.69) is 0 Å². The van der Waals surface area contributed by atoms with E-state index in [1.54, 1.807) is 24.3 Å². The van der Waals surface area contributed by atoms with E-state index in [1.807, 2.05) is 6.07 Å². The number of hydrogen-bond acceptors (Lipinski definition) is 4. The smallest absolute Gasteiger partial charge is 0.412 e. The number of ether oxygens (including phenoxy) is 1. The first-order chi connectivity index (χ1) is 8.13. The van der Waals surface area contributed by atoms with Crippen LogP contribution in [0.5, 0.6) is 0 Å². The van der Waals surface area contributed by atoms with E-state index in [9.17, 15) is 9.59 Å². The van der Waals surface area contributed by atoms with Crippen molar-refractivity contribution >= 4 is 12.1 Å². The van der Waals surface area contributed by atoms with Gasteiger partial charge >= 0.3 is 12.1 Å². The van der Waals surface area contributed by atoms with Gasteiger partial charge in [-0.25, -0.2) is 4.79 Å². The lowest BCUT2D eigenvalue weighted by molar-refractivity contribution is -0.138. The third kappa shape index (κ3) is 4.52. The second kappa shape index (κ2) is 6.49. The lowest BCUT2D eigenvalue weighted by Gasteiger charge is -2.17. The zero-order chi connectivity index (χ0) is 12.7. The van der Waals surface area contributed by atoms with Gasteiger partial charge in [0.05, 0.1) is 0 Å². The van der Waals surface area contributed by atoms with Crippen molar-refractivity contribution in [1.82, 2.24) is 4.90 Å². The number of rotatable bonds is 5. The number of carboxylic acid groups (broad SMARTS) is 1. The molecule has 0 aliphatic carbocycles. The molecule has 0 fully saturated rings. The van der Waals surface area contributed by atoms with Crippen LogP contribution in [0.1, 0.15) is 5.56 Å². The van der Waals surface area contributed by atoms with Gasteiger partial charge in [-0.05, 0) is 5.56 Å². The molecule has 1 amide bonds. The first-order valence-corrected chi connectivity index (χ1v) is 4.91. The molecule has 1 aromatic rings. The van der Waals surface area contributed by atoms with Crippen LogP contribution in [-0.2, 0) is 16.1 Å². The van der Waals surface area contributed by atoms with E-state index < -0.39 is 25.3 Å². The lowest BCUT2D eigenvalue weighted by Crippen LogP contribution is -2.36. The zero-order valence-electron chi connectivity index (χ0n) is 9.07. The molecule has 0 heterocycles. The van der Waals surface area contributed by atoms with Gasteiger partial charge < -0.3 is 14.9 Å². The van der Waals surface area contributed by atoms with Crippen LogP contribution >= 0.6 is 0 Å². The second-order valence-corrected chi connectivity index (χ2v) is 3.27. The van der Waals surface area contributed by atoms with Crippen molar-refractivity contribution in [1.29, 1.82) is 0 Å². The molecule has 0 saturated carbocycles. The summed E-state index contributed by atoms with van der Waals surface area (Å²) in [6.07, 6.45) is -0.862. The van der Waals surface area contributed by atoms with Crippen molar-refractivity contribution in [2.75, 3.05) is 13.3 Å². The van der Waals surface area contributed by atoms with Crippen LogP contribution in [0.15, 0.2) is 30.3 Å². The molecule has 17 heavy (non-hydrogen) atoms. The summed E-state index contributed by atoms with van der Waals surface area (Å²) >= 11 is 0. The SMILES string of the molecule is O=C(O)CN(CO)C(=O)OCc1ccccc1. The molecule has 92 valence electrons. The third-order valence-electron chi connectivity index (χ3n) is 1.96. The van der Waals surface area contributed by atoms with Crippen LogP contribution < -0.4 is 0 Å². The average Bonchev–Trinajstić information content (AvgIpc) is 2.34. The fourth-order valence-corrected chi connectivity index (χ4v) is 1.15. The Balaban J connectivity index is 2.45. The molecular formula is C11H13NO5. The summed E-state index contributed by atoms with van der Waals surface area (Å²) < 4.78 is 4.85. The summed E-state index contributed by atoms with van der Waals surface area (Å²) in [5.74, 6) is -1.21. The number of hydrogen-bond donors (Lipinski definition) is 2. The molecule has 0 bridgehead atoms. The Kier molecular flexibility index (Phi) is 4.96. The van der Waals surface area contributed by atoms with Gasteiger partial charge in [-0.15, -0.1) is 0 Å². The maximum absolute atomic E-state index is 11.4. The maximum Gasteiger partial charge on any atom is 0.412 e. The van der Waals surface area contributed by atoms with E-state index in [0.717, 1.165) is 5.56 Å². The van der Waals surface area contributed by atoms with Gasteiger partial charge in [0.2, 0.25) is 0 Å². The minimum absolute atomic E-state index is 0.0375. The maximum atomic E-state index is 11.4. The Labute approximate surface area is 98.0 Å². The van der Waals surface area contributed by atoms with Gasteiger partial charge in [0.15, 0.2) is 0 Å². The summed E-state index contributed by atoms with van der Waals surface area (Å²) in [6, 6.07) is 8.96. The number of amides is 1. The van der Waals surface area contributed by atoms with Crippen molar-refractivity contribution in [2.45, 2.75) is 6.61 Å². The van der Waals surface area contributed by atoms with Crippen LogP contribution in [0, 0.1) is 0 Å². The van der Waals surface area contributed by atoms with Crippen LogP contribution in [0.25, 0.3) is 0 Å². The predicted molar refractivity (Wildman–Crippen MR) is 58.1 cm³/mol. The Hall–Kier alpha value is -2.08. The number of carbonyl (C=O) groups is 2. The molecule has 6 nitrogen and oxygen atoms in total. The molecule has 0 unspecified atom stereocenters. The molecule has 0 spiro atoms. The summed E-state index contributed by atoms with van der Waals surface area (Å²) in [4.78, 5) is 22.4. The standard InChI is InChI=1S/C11H13NO5/c13-8-12(6-10(14)15)11(16)17-7-9-4-2-1-3-5-9/h1-5,13H,6-8H2,(H,14,15). The Morgan fingerprint density at radius 2 is 1.88 bits per heavy atom. The normalized spacial score (nSPS) is 9.71. The topological polar surface area (TPSA) is 87.1 Å². The Morgan fingerprint density at radius 1 is 1.24 bits per heavy atom. The van der Waals surface area contributed by atoms with Crippen molar-refractivity contribution in [3.8, 4) is 0 Å². The highest BCUT2D eigenvalue weighted by atomic mass is 16.6. The summed E-state index contributed by atoms with van der Waals surface area (Å²) in [6.45, 7) is -1.25. The summed E-state index contributed by atoms with van der Waals surface area (Å²) in [5.41, 5.74) is 0.786. The molecule has 0 atom stereocenters. The first-order valence-electron chi connectivity index (χ1n) is 4.91. The Bertz CT molecular complexity index is 379. The molecule has 0 aliphatic rings. The van der Waals surface area contributed by atoms with E-state index >= 15 is 0 Å². The second-order valence-electron chi connectivity index (χ2n) is 3.27. The quantitative estimate of drug-likeness (QED) is 0.737. The summed E-state index contributed by atoms with van der Waals surface area (Å²) in [7, 11) is 0. The number of carboxylic acids is 1. The number of aliphatic hydroxyl groups excluding tert-OH is 1. The number of benzene rings is 1. The van der Waals surface area contributed by atoms with Gasteiger partial charge in [-0.3, -0.25) is 9.69 Å². The first kappa shape index (κ1) is 13.0. The largest absolute Gasteiger partial charge is 0.480 e. The monoisotopic (exact) mass is 239 g/mol. The Morgan fingerprint density at radius 3 is 2.41 bits per heavy atom. The molecule has 1 rings (SSSR count). The fraction of sp³-hybridized carbons (Fsp3) is 0.273. The highest BCUT2D eigenvalue weighted by Crippen LogP contribution is 2.02. The molecule has 0 aliphatic heterocycles. The van der Waals surface area contributed by atoms with E-state index in [0.29, 0.717) is 4.90 Å². The lowest BCUT2D eigenvalue weighted by atomic mass is 10.2. The van der Waals surface area contributed by atoms with Crippen molar-refractivity contribution in [2.24, 2.45) is 0 Å². The van der Waals surface area contributed by atoms with Crippen molar-refractivity contribution in [3.63, 3.8) is 0 Å². The molecule has 0 saturated heterocycles. The van der Waals surface area contributed by atoms with Gasteiger partial charge in [0.25, 0.3) is 0 Å². The highest BCUT2D eigenvalue weighted by molar-refractivity contribution is 5.76. The van der Waals surface area contributed by atoms with Crippen LogP contribution in [0.3, 0.4) is 0 Å². The van der Waals surface area contributed by atoms with Gasteiger partial charge in [0.1, 0.15) is 19.9 Å².